The second kappa shape index (κ2) is 6.19. The highest BCUT2D eigenvalue weighted by atomic mass is 35.5. The summed E-state index contributed by atoms with van der Waals surface area (Å²) in [5, 5.41) is 0.668. The first-order valence-corrected chi connectivity index (χ1v) is 6.89. The van der Waals surface area contributed by atoms with E-state index in [0.29, 0.717) is 22.1 Å². The first kappa shape index (κ1) is 15.4. The summed E-state index contributed by atoms with van der Waals surface area (Å²) in [6.07, 6.45) is 0. The van der Waals surface area contributed by atoms with E-state index in [-0.39, 0.29) is 5.78 Å². The molecular weight excluding hydrogens is 288 g/mol. The van der Waals surface area contributed by atoms with Gasteiger partial charge in [0.1, 0.15) is 0 Å². The minimum absolute atomic E-state index is 0.0307. The van der Waals surface area contributed by atoms with Crippen LogP contribution in [-0.4, -0.2) is 20.0 Å². The lowest BCUT2D eigenvalue weighted by molar-refractivity contribution is 0.101. The zero-order chi connectivity index (χ0) is 15.6. The Hall–Kier alpha value is -2.00. The van der Waals surface area contributed by atoms with Gasteiger partial charge in [0.15, 0.2) is 17.3 Å². The molecule has 4 heteroatoms. The van der Waals surface area contributed by atoms with Gasteiger partial charge >= 0.3 is 0 Å². The van der Waals surface area contributed by atoms with Gasteiger partial charge < -0.3 is 9.47 Å². The van der Waals surface area contributed by atoms with E-state index in [4.69, 9.17) is 21.1 Å². The number of carbonyl (C=O) groups excluding carboxylic acids is 1. The molecule has 0 saturated carbocycles. The van der Waals surface area contributed by atoms with Gasteiger partial charge in [-0.3, -0.25) is 4.79 Å². The molecule has 2 aromatic carbocycles. The molecule has 0 radical (unpaired) electrons. The Bertz CT molecular complexity index is 693. The van der Waals surface area contributed by atoms with E-state index in [2.05, 4.69) is 0 Å². The number of Topliss-reactive ketones (excluding diaryl/α,β-unsaturated/α-hetero) is 1. The maximum Gasteiger partial charge on any atom is 0.168 e. The molecule has 0 aromatic heterocycles. The Kier molecular flexibility index (Phi) is 4.53. The number of benzene rings is 2. The fourth-order valence-corrected chi connectivity index (χ4v) is 2.44. The number of carbonyl (C=O) groups is 1. The van der Waals surface area contributed by atoms with Crippen molar-refractivity contribution < 1.29 is 14.3 Å². The number of hydrogen-bond acceptors (Lipinski definition) is 3. The van der Waals surface area contributed by atoms with Crippen molar-refractivity contribution in [2.75, 3.05) is 14.2 Å². The van der Waals surface area contributed by atoms with Crippen LogP contribution >= 0.6 is 11.6 Å². The average molecular weight is 305 g/mol. The summed E-state index contributed by atoms with van der Waals surface area (Å²) < 4.78 is 10.8. The molecule has 0 spiro atoms. The zero-order valence-corrected chi connectivity index (χ0v) is 13.2. The Morgan fingerprint density at radius 3 is 2.38 bits per heavy atom. The van der Waals surface area contributed by atoms with Gasteiger partial charge in [-0.1, -0.05) is 23.7 Å². The van der Waals surface area contributed by atoms with Crippen molar-refractivity contribution in [3.8, 4) is 22.6 Å². The van der Waals surface area contributed by atoms with Crippen LogP contribution in [0.3, 0.4) is 0 Å². The maximum absolute atomic E-state index is 11.7. The van der Waals surface area contributed by atoms with Crippen molar-refractivity contribution in [2.24, 2.45) is 0 Å². The molecule has 0 N–H and O–H groups in total. The number of rotatable bonds is 4. The van der Waals surface area contributed by atoms with E-state index in [1.54, 1.807) is 20.3 Å². The minimum atomic E-state index is -0.0307. The summed E-state index contributed by atoms with van der Waals surface area (Å²) in [6, 6.07) is 9.14. The number of halogens is 1. The second-order valence-electron chi connectivity index (χ2n) is 4.73. The third-order valence-electron chi connectivity index (χ3n) is 3.44. The predicted octanol–water partition coefficient (Wildman–Crippen LogP) is 4.54. The molecule has 0 amide bonds. The molecule has 3 nitrogen and oxygen atoms in total. The summed E-state index contributed by atoms with van der Waals surface area (Å²) in [4.78, 5) is 11.7. The SMILES string of the molecule is COc1cc(C(C)=O)cc(-c2cccc(Cl)c2C)c1OC. The van der Waals surface area contributed by atoms with Gasteiger partial charge in [-0.05, 0) is 43.2 Å². The Morgan fingerprint density at radius 2 is 1.81 bits per heavy atom. The highest BCUT2D eigenvalue weighted by Crippen LogP contribution is 2.41. The van der Waals surface area contributed by atoms with Gasteiger partial charge in [-0.25, -0.2) is 0 Å². The van der Waals surface area contributed by atoms with Gasteiger partial charge in [-0.2, -0.15) is 0 Å². The van der Waals surface area contributed by atoms with Crippen LogP contribution in [0.1, 0.15) is 22.8 Å². The smallest absolute Gasteiger partial charge is 0.168 e. The first-order chi connectivity index (χ1) is 9.99. The molecule has 21 heavy (non-hydrogen) atoms. The molecule has 0 heterocycles. The van der Waals surface area contributed by atoms with E-state index < -0.39 is 0 Å². The van der Waals surface area contributed by atoms with Crippen LogP contribution in [-0.2, 0) is 0 Å². The average Bonchev–Trinajstić information content (AvgIpc) is 2.48. The van der Waals surface area contributed by atoms with Crippen LogP contribution in [0.25, 0.3) is 11.1 Å². The summed E-state index contributed by atoms with van der Waals surface area (Å²) in [7, 11) is 3.13. The molecule has 0 fully saturated rings. The fourth-order valence-electron chi connectivity index (χ4n) is 2.27. The quantitative estimate of drug-likeness (QED) is 0.778. The molecule has 0 aliphatic heterocycles. The summed E-state index contributed by atoms with van der Waals surface area (Å²) in [6.45, 7) is 3.46. The molecule has 2 aromatic rings. The number of hydrogen-bond donors (Lipinski definition) is 0. The van der Waals surface area contributed by atoms with Gasteiger partial charge in [0.25, 0.3) is 0 Å². The molecule has 0 saturated heterocycles. The van der Waals surface area contributed by atoms with Crippen LogP contribution in [0.4, 0.5) is 0 Å². The van der Waals surface area contributed by atoms with Crippen molar-refractivity contribution in [2.45, 2.75) is 13.8 Å². The molecule has 0 aliphatic rings. The number of ether oxygens (including phenoxy) is 2. The summed E-state index contributed by atoms with van der Waals surface area (Å²) in [5.74, 6) is 1.09. The highest BCUT2D eigenvalue weighted by Gasteiger charge is 2.17. The zero-order valence-electron chi connectivity index (χ0n) is 12.5. The Balaban J connectivity index is 2.79. The van der Waals surface area contributed by atoms with E-state index in [1.807, 2.05) is 31.2 Å². The van der Waals surface area contributed by atoms with Crippen molar-refractivity contribution in [1.82, 2.24) is 0 Å². The van der Waals surface area contributed by atoms with Gasteiger partial charge in [0.2, 0.25) is 0 Å². The van der Waals surface area contributed by atoms with Crippen LogP contribution in [0.2, 0.25) is 5.02 Å². The van der Waals surface area contributed by atoms with E-state index in [1.165, 1.54) is 6.92 Å². The van der Waals surface area contributed by atoms with Crippen LogP contribution in [0, 0.1) is 6.92 Å². The molecular formula is C17H17ClO3. The number of methoxy groups -OCH3 is 2. The Labute approximate surface area is 129 Å². The molecule has 2 rings (SSSR count). The van der Waals surface area contributed by atoms with E-state index in [0.717, 1.165) is 16.7 Å². The summed E-state index contributed by atoms with van der Waals surface area (Å²) in [5.41, 5.74) is 3.21. The van der Waals surface area contributed by atoms with Crippen molar-refractivity contribution in [3.63, 3.8) is 0 Å². The second-order valence-corrected chi connectivity index (χ2v) is 5.14. The molecule has 0 aliphatic carbocycles. The van der Waals surface area contributed by atoms with Gasteiger partial charge in [0.05, 0.1) is 14.2 Å². The van der Waals surface area contributed by atoms with Crippen LogP contribution < -0.4 is 9.47 Å². The maximum atomic E-state index is 11.7. The third-order valence-corrected chi connectivity index (χ3v) is 3.85. The standard InChI is InChI=1S/C17H17ClO3/c1-10-13(6-5-7-15(10)18)14-8-12(11(2)19)9-16(20-3)17(14)21-4/h5-9H,1-4H3. The number of ketones is 1. The monoisotopic (exact) mass is 304 g/mol. The van der Waals surface area contributed by atoms with Gasteiger partial charge in [-0.15, -0.1) is 0 Å². The summed E-state index contributed by atoms with van der Waals surface area (Å²) >= 11 is 6.20. The predicted molar refractivity (Wildman–Crippen MR) is 84.7 cm³/mol. The topological polar surface area (TPSA) is 35.5 Å². The lowest BCUT2D eigenvalue weighted by Gasteiger charge is -2.16. The van der Waals surface area contributed by atoms with E-state index >= 15 is 0 Å². The van der Waals surface area contributed by atoms with Crippen LogP contribution in [0.15, 0.2) is 30.3 Å². The van der Waals surface area contributed by atoms with Crippen molar-refractivity contribution in [3.05, 3.63) is 46.5 Å². The third kappa shape index (κ3) is 2.88. The van der Waals surface area contributed by atoms with Crippen molar-refractivity contribution >= 4 is 17.4 Å². The molecule has 0 atom stereocenters. The largest absolute Gasteiger partial charge is 0.493 e. The molecule has 0 unspecified atom stereocenters. The van der Waals surface area contributed by atoms with Crippen LogP contribution in [0.5, 0.6) is 11.5 Å². The van der Waals surface area contributed by atoms with Crippen molar-refractivity contribution in [1.29, 1.82) is 0 Å². The van der Waals surface area contributed by atoms with Gasteiger partial charge in [0, 0.05) is 16.1 Å². The molecule has 110 valence electrons. The van der Waals surface area contributed by atoms with E-state index in [9.17, 15) is 4.79 Å². The highest BCUT2D eigenvalue weighted by molar-refractivity contribution is 6.31. The fraction of sp³-hybridized carbons (Fsp3) is 0.235. The Morgan fingerprint density at radius 1 is 1.10 bits per heavy atom. The first-order valence-electron chi connectivity index (χ1n) is 6.52. The molecule has 0 bridgehead atoms. The minimum Gasteiger partial charge on any atom is -0.493 e. The normalized spacial score (nSPS) is 10.3. The lowest BCUT2D eigenvalue weighted by Crippen LogP contribution is -2.00. The lowest BCUT2D eigenvalue weighted by atomic mass is 9.96.